The number of rotatable bonds is 1. The molecule has 2 aliphatic heterocycles. The smallest absolute Gasteiger partial charge is 0.413 e. The van der Waals surface area contributed by atoms with E-state index in [9.17, 15) is 14.3 Å². The molecule has 148 valence electrons. The molecule has 2 aliphatic rings. The molecule has 0 saturated carbocycles. The number of benzene rings is 1. The van der Waals surface area contributed by atoms with Crippen LogP contribution in [0.5, 0.6) is 0 Å². The molecule has 0 unspecified atom stereocenters. The third kappa shape index (κ3) is 3.65. The highest BCUT2D eigenvalue weighted by atomic mass is 32.2. The average molecular weight is 396 g/mol. The number of carboxylic acid groups (broad SMARTS) is 1. The maximum atomic E-state index is 14.8. The third-order valence-corrected chi connectivity index (χ3v) is 6.20. The predicted octanol–water partition coefficient (Wildman–Crippen LogP) is 3.91. The van der Waals surface area contributed by atoms with Crippen molar-refractivity contribution in [2.24, 2.45) is 10.9 Å². The monoisotopic (exact) mass is 395 g/mol. The quantitative estimate of drug-likeness (QED) is 0.704. The summed E-state index contributed by atoms with van der Waals surface area (Å²) >= 11 is 1.40. The van der Waals surface area contributed by atoms with Gasteiger partial charge in [0, 0.05) is 28.5 Å². The molecule has 0 spiro atoms. The Balaban J connectivity index is 2.18. The van der Waals surface area contributed by atoms with Gasteiger partial charge < -0.3 is 15.6 Å². The van der Waals surface area contributed by atoms with Crippen LogP contribution in [0.1, 0.15) is 39.7 Å². The standard InChI is InChI=1S/C19H26FN3O3S/c1-11-7-12-9-27-16(23(17(24)25)18(2,3)4)22-19(12,10-26-11)14-8-13(21)5-6-15(14)20/h5-6,8,11-12H,7,9-10,21H2,1-4H3,(H,24,25)/t11-,12-,19-/m0/s1. The number of hydrogen-bond donors (Lipinski definition) is 2. The Morgan fingerprint density at radius 2 is 2.19 bits per heavy atom. The highest BCUT2D eigenvalue weighted by Crippen LogP contribution is 2.48. The number of thioether (sulfide) groups is 1. The number of aliphatic imine (C=N–C) groups is 1. The summed E-state index contributed by atoms with van der Waals surface area (Å²) in [7, 11) is 0. The maximum Gasteiger partial charge on any atom is 0.413 e. The summed E-state index contributed by atoms with van der Waals surface area (Å²) in [6.07, 6.45) is -0.316. The largest absolute Gasteiger partial charge is 0.465 e. The molecule has 6 nitrogen and oxygen atoms in total. The summed E-state index contributed by atoms with van der Waals surface area (Å²) in [5, 5.41) is 10.1. The number of nitrogens with two attached hydrogens (primary N) is 1. The number of nitrogen functional groups attached to an aromatic ring is 1. The molecule has 3 atom stereocenters. The first-order valence-corrected chi connectivity index (χ1v) is 9.96. The number of fused-ring (bicyclic) bond motifs is 1. The van der Waals surface area contributed by atoms with Gasteiger partial charge in [-0.25, -0.2) is 14.2 Å². The second-order valence-corrected chi connectivity index (χ2v) is 9.20. The topological polar surface area (TPSA) is 88.2 Å². The van der Waals surface area contributed by atoms with E-state index >= 15 is 0 Å². The maximum absolute atomic E-state index is 14.8. The van der Waals surface area contributed by atoms with Gasteiger partial charge in [0.05, 0.1) is 12.7 Å². The van der Waals surface area contributed by atoms with E-state index in [1.807, 2.05) is 27.7 Å². The van der Waals surface area contributed by atoms with Gasteiger partial charge in [0.15, 0.2) is 5.17 Å². The van der Waals surface area contributed by atoms with Crippen LogP contribution in [-0.2, 0) is 10.3 Å². The Hall–Kier alpha value is -1.80. The van der Waals surface area contributed by atoms with E-state index in [4.69, 9.17) is 15.5 Å². The second kappa shape index (κ2) is 6.98. The van der Waals surface area contributed by atoms with Crippen LogP contribution < -0.4 is 5.73 Å². The van der Waals surface area contributed by atoms with Crippen LogP contribution in [-0.4, -0.2) is 45.3 Å². The summed E-state index contributed by atoms with van der Waals surface area (Å²) in [4.78, 5) is 18.0. The van der Waals surface area contributed by atoms with Crippen LogP contribution in [0.25, 0.3) is 0 Å². The molecule has 0 radical (unpaired) electrons. The predicted molar refractivity (Wildman–Crippen MR) is 106 cm³/mol. The van der Waals surface area contributed by atoms with Crippen LogP contribution in [0.2, 0.25) is 0 Å². The molecule has 0 aliphatic carbocycles. The molecule has 8 heteroatoms. The summed E-state index contributed by atoms with van der Waals surface area (Å²) in [6.45, 7) is 7.61. The molecular formula is C19H26FN3O3S. The van der Waals surface area contributed by atoms with Crippen LogP contribution >= 0.6 is 11.8 Å². The van der Waals surface area contributed by atoms with Crippen LogP contribution in [0.3, 0.4) is 0 Å². The van der Waals surface area contributed by atoms with Crippen molar-refractivity contribution in [2.45, 2.75) is 51.3 Å². The van der Waals surface area contributed by atoms with E-state index in [1.54, 1.807) is 6.07 Å². The lowest BCUT2D eigenvalue weighted by molar-refractivity contribution is -0.0482. The molecule has 3 N–H and O–H groups in total. The number of hydrogen-bond acceptors (Lipinski definition) is 5. The minimum absolute atomic E-state index is 0.0295. The number of ether oxygens (including phenoxy) is 1. The van der Waals surface area contributed by atoms with Gasteiger partial charge in [0.1, 0.15) is 11.4 Å². The number of anilines is 1. The van der Waals surface area contributed by atoms with Gasteiger partial charge in [-0.1, -0.05) is 11.8 Å². The molecule has 1 aromatic rings. The minimum atomic E-state index is -1.08. The van der Waals surface area contributed by atoms with E-state index < -0.39 is 23.0 Å². The molecular weight excluding hydrogens is 369 g/mol. The lowest BCUT2D eigenvalue weighted by Gasteiger charge is -2.48. The Morgan fingerprint density at radius 1 is 1.48 bits per heavy atom. The average Bonchev–Trinajstić information content (AvgIpc) is 2.55. The zero-order chi connectivity index (χ0) is 20.0. The minimum Gasteiger partial charge on any atom is -0.465 e. The van der Waals surface area contributed by atoms with E-state index in [0.29, 0.717) is 22.2 Å². The van der Waals surface area contributed by atoms with Gasteiger partial charge in [-0.15, -0.1) is 0 Å². The van der Waals surface area contributed by atoms with E-state index in [1.165, 1.54) is 28.8 Å². The highest BCUT2D eigenvalue weighted by Gasteiger charge is 2.50. The summed E-state index contributed by atoms with van der Waals surface area (Å²) in [6, 6.07) is 4.45. The SMILES string of the molecule is C[C@H]1C[C@H]2CSC(N(C(=O)O)C(C)(C)C)=N[C@@]2(c2cc(N)ccc2F)CO1. The van der Waals surface area contributed by atoms with E-state index in [-0.39, 0.29) is 18.6 Å². The van der Waals surface area contributed by atoms with Crippen molar-refractivity contribution < 1.29 is 19.0 Å². The van der Waals surface area contributed by atoms with E-state index in [2.05, 4.69) is 0 Å². The lowest BCUT2D eigenvalue weighted by atomic mass is 9.75. The molecule has 27 heavy (non-hydrogen) atoms. The Morgan fingerprint density at radius 3 is 2.81 bits per heavy atom. The summed E-state index contributed by atoms with van der Waals surface area (Å²) in [5.41, 5.74) is 5.08. The molecule has 2 heterocycles. The molecule has 1 amide bonds. The van der Waals surface area contributed by atoms with Crippen LogP contribution in [0.4, 0.5) is 14.9 Å². The zero-order valence-electron chi connectivity index (χ0n) is 16.0. The van der Waals surface area contributed by atoms with Crippen molar-refractivity contribution in [1.82, 2.24) is 4.90 Å². The molecule has 1 saturated heterocycles. The Kier molecular flexibility index (Phi) is 5.16. The third-order valence-electron chi connectivity index (χ3n) is 5.10. The first-order chi connectivity index (χ1) is 12.5. The van der Waals surface area contributed by atoms with Gasteiger partial charge in [-0.2, -0.15) is 0 Å². The van der Waals surface area contributed by atoms with Crippen molar-refractivity contribution in [2.75, 3.05) is 18.1 Å². The molecule has 0 aromatic heterocycles. The van der Waals surface area contributed by atoms with Gasteiger partial charge in [0.25, 0.3) is 0 Å². The first-order valence-electron chi connectivity index (χ1n) is 8.97. The van der Waals surface area contributed by atoms with Crippen LogP contribution in [0, 0.1) is 11.7 Å². The van der Waals surface area contributed by atoms with E-state index in [0.717, 1.165) is 6.42 Å². The van der Waals surface area contributed by atoms with Crippen molar-refractivity contribution >= 4 is 28.7 Å². The summed E-state index contributed by atoms with van der Waals surface area (Å²) < 4.78 is 20.7. The van der Waals surface area contributed by atoms with Gasteiger partial charge in [-0.05, 0) is 52.3 Å². The normalized spacial score (nSPS) is 28.3. The Bertz CT molecular complexity index is 780. The van der Waals surface area contributed by atoms with Gasteiger partial charge >= 0.3 is 6.09 Å². The first kappa shape index (κ1) is 19.9. The summed E-state index contributed by atoms with van der Waals surface area (Å²) in [5.74, 6) is 0.266. The fraction of sp³-hybridized carbons (Fsp3) is 0.579. The molecule has 1 fully saturated rings. The fourth-order valence-corrected chi connectivity index (χ4v) is 5.23. The Labute approximate surface area is 163 Å². The van der Waals surface area contributed by atoms with Crippen molar-refractivity contribution in [3.63, 3.8) is 0 Å². The van der Waals surface area contributed by atoms with Crippen molar-refractivity contribution in [3.8, 4) is 0 Å². The number of amides is 1. The number of halogens is 1. The highest BCUT2D eigenvalue weighted by molar-refractivity contribution is 8.13. The zero-order valence-corrected chi connectivity index (χ0v) is 16.8. The second-order valence-electron chi connectivity index (χ2n) is 8.21. The van der Waals surface area contributed by atoms with Gasteiger partial charge in [0.2, 0.25) is 0 Å². The fourth-order valence-electron chi connectivity index (χ4n) is 3.76. The molecule has 0 bridgehead atoms. The number of amidine groups is 1. The lowest BCUT2D eigenvalue weighted by Crippen LogP contribution is -2.54. The van der Waals surface area contributed by atoms with Crippen molar-refractivity contribution in [3.05, 3.63) is 29.6 Å². The molecule has 3 rings (SSSR count). The van der Waals surface area contributed by atoms with Gasteiger partial charge in [-0.3, -0.25) is 4.90 Å². The van der Waals surface area contributed by atoms with Crippen LogP contribution in [0.15, 0.2) is 23.2 Å². The number of nitrogens with zero attached hydrogens (tertiary/aromatic N) is 2. The molecule has 1 aromatic carbocycles. The number of carbonyl (C=O) groups is 1. The van der Waals surface area contributed by atoms with Crippen molar-refractivity contribution in [1.29, 1.82) is 0 Å².